The van der Waals surface area contributed by atoms with Gasteiger partial charge in [-0.25, -0.2) is 0 Å². The Balaban J connectivity index is 1.83. The molecule has 0 bridgehead atoms. The topological polar surface area (TPSA) is 36.1 Å². The van der Waals surface area contributed by atoms with E-state index in [0.29, 0.717) is 0 Å². The van der Waals surface area contributed by atoms with Crippen molar-refractivity contribution in [3.8, 4) is 0 Å². The van der Waals surface area contributed by atoms with Gasteiger partial charge in [-0.15, -0.1) is 10.2 Å². The van der Waals surface area contributed by atoms with Crippen molar-refractivity contribution >= 4 is 38.6 Å². The zero-order valence-corrected chi connectivity index (χ0v) is 19.4. The van der Waals surface area contributed by atoms with E-state index in [1.54, 1.807) is 11.3 Å². The zero-order valence-electron chi connectivity index (χ0n) is 18.6. The lowest BCUT2D eigenvalue weighted by Gasteiger charge is -2.15. The molecule has 3 aromatic carbocycles. The molecule has 6 heteroatoms. The standard InChI is InChI=1S/C25H27N5S/c1-28(2)20-14-10-18(11-15-20)24(19-12-16-21(17-13-19)29(3)4)26-27-25-30(5)22-8-6-7-9-23(22)31-25/h6-17H,1-5H3/b27-25-. The maximum atomic E-state index is 4.74. The molecular formula is C25H27N5S. The Morgan fingerprint density at radius 3 is 1.74 bits per heavy atom. The Morgan fingerprint density at radius 1 is 0.742 bits per heavy atom. The normalized spacial score (nSPS) is 11.6. The van der Waals surface area contributed by atoms with E-state index in [-0.39, 0.29) is 0 Å². The summed E-state index contributed by atoms with van der Waals surface area (Å²) in [4.78, 5) is 5.05. The number of para-hydroxylation sites is 1. The summed E-state index contributed by atoms with van der Waals surface area (Å²) < 4.78 is 3.29. The molecule has 0 atom stereocenters. The summed E-state index contributed by atoms with van der Waals surface area (Å²) in [5.74, 6) is 0. The predicted molar refractivity (Wildman–Crippen MR) is 134 cm³/mol. The lowest BCUT2D eigenvalue weighted by molar-refractivity contribution is 0.888. The molecule has 0 aliphatic rings. The number of hydrogen-bond donors (Lipinski definition) is 0. The molecule has 5 nitrogen and oxygen atoms in total. The van der Waals surface area contributed by atoms with Gasteiger partial charge in [0.15, 0.2) is 0 Å². The fourth-order valence-electron chi connectivity index (χ4n) is 3.39. The minimum absolute atomic E-state index is 0.855. The van der Waals surface area contributed by atoms with E-state index >= 15 is 0 Å². The largest absolute Gasteiger partial charge is 0.378 e. The fraction of sp³-hybridized carbons (Fsp3) is 0.200. The molecule has 0 N–H and O–H groups in total. The van der Waals surface area contributed by atoms with Crippen LogP contribution in [0.15, 0.2) is 83.0 Å². The van der Waals surface area contributed by atoms with E-state index in [1.165, 1.54) is 4.70 Å². The van der Waals surface area contributed by atoms with Crippen LogP contribution in [-0.4, -0.2) is 38.5 Å². The van der Waals surface area contributed by atoms with Gasteiger partial charge in [0.1, 0.15) is 5.71 Å². The number of fused-ring (bicyclic) bond motifs is 1. The Labute approximate surface area is 187 Å². The number of thiazole rings is 1. The summed E-state index contributed by atoms with van der Waals surface area (Å²) in [6.45, 7) is 0. The second-order valence-corrected chi connectivity index (χ2v) is 8.85. The number of aryl methyl sites for hydroxylation is 1. The molecule has 4 aromatic rings. The monoisotopic (exact) mass is 429 g/mol. The van der Waals surface area contributed by atoms with Crippen LogP contribution >= 0.6 is 11.3 Å². The van der Waals surface area contributed by atoms with Gasteiger partial charge in [0.25, 0.3) is 0 Å². The third kappa shape index (κ3) is 4.39. The van der Waals surface area contributed by atoms with Crippen molar-refractivity contribution in [2.24, 2.45) is 17.3 Å². The third-order valence-corrected chi connectivity index (χ3v) is 6.37. The summed E-state index contributed by atoms with van der Waals surface area (Å²) in [5, 5.41) is 9.40. The molecule has 4 rings (SSSR count). The highest BCUT2D eigenvalue weighted by Gasteiger charge is 2.09. The molecule has 0 fully saturated rings. The number of rotatable bonds is 5. The molecule has 0 radical (unpaired) electrons. The summed E-state index contributed by atoms with van der Waals surface area (Å²) in [5.41, 5.74) is 6.39. The van der Waals surface area contributed by atoms with Crippen LogP contribution in [0.25, 0.3) is 10.2 Å². The Hall–Kier alpha value is -3.38. The molecule has 0 aliphatic heterocycles. The number of nitrogens with zero attached hydrogens (tertiary/aromatic N) is 5. The average molecular weight is 430 g/mol. The summed E-state index contributed by atoms with van der Waals surface area (Å²) >= 11 is 1.64. The molecule has 158 valence electrons. The van der Waals surface area contributed by atoms with E-state index in [0.717, 1.165) is 38.5 Å². The van der Waals surface area contributed by atoms with Crippen molar-refractivity contribution in [1.29, 1.82) is 0 Å². The first-order valence-electron chi connectivity index (χ1n) is 10.2. The molecule has 0 saturated carbocycles. The van der Waals surface area contributed by atoms with Crippen LogP contribution in [0.3, 0.4) is 0 Å². The van der Waals surface area contributed by atoms with Gasteiger partial charge in [-0.1, -0.05) is 47.7 Å². The lowest BCUT2D eigenvalue weighted by Crippen LogP contribution is -2.12. The Morgan fingerprint density at radius 2 is 1.26 bits per heavy atom. The minimum Gasteiger partial charge on any atom is -0.378 e. The SMILES string of the molecule is CN(C)c1ccc(C(=N/N=c2\sc3ccccc3n2C)c2ccc(N(C)C)cc2)cc1. The van der Waals surface area contributed by atoms with Crippen molar-refractivity contribution in [2.75, 3.05) is 38.0 Å². The molecule has 31 heavy (non-hydrogen) atoms. The van der Waals surface area contributed by atoms with Crippen molar-refractivity contribution in [1.82, 2.24) is 4.57 Å². The highest BCUT2D eigenvalue weighted by Crippen LogP contribution is 2.20. The maximum Gasteiger partial charge on any atom is 0.211 e. The van der Waals surface area contributed by atoms with Crippen LogP contribution in [0.5, 0.6) is 0 Å². The van der Waals surface area contributed by atoms with Gasteiger partial charge in [0, 0.05) is 57.7 Å². The Bertz CT molecular complexity index is 1220. The van der Waals surface area contributed by atoms with E-state index in [4.69, 9.17) is 5.10 Å². The van der Waals surface area contributed by atoms with Crippen LogP contribution in [-0.2, 0) is 7.05 Å². The predicted octanol–water partition coefficient (Wildman–Crippen LogP) is 4.73. The van der Waals surface area contributed by atoms with Crippen LogP contribution in [0.2, 0.25) is 0 Å². The first-order chi connectivity index (χ1) is 14.9. The van der Waals surface area contributed by atoms with E-state index in [9.17, 15) is 0 Å². The lowest BCUT2D eigenvalue weighted by atomic mass is 10.0. The number of hydrogen-bond acceptors (Lipinski definition) is 5. The van der Waals surface area contributed by atoms with Crippen molar-refractivity contribution in [2.45, 2.75) is 0 Å². The molecule has 1 heterocycles. The maximum absolute atomic E-state index is 4.74. The molecule has 1 aromatic heterocycles. The van der Waals surface area contributed by atoms with E-state index < -0.39 is 0 Å². The molecular weight excluding hydrogens is 402 g/mol. The first kappa shape index (κ1) is 20.9. The summed E-state index contributed by atoms with van der Waals surface area (Å²) in [6, 6.07) is 25.2. The number of benzene rings is 3. The minimum atomic E-state index is 0.855. The Kier molecular flexibility index (Phi) is 5.91. The number of aromatic nitrogens is 1. The molecule has 0 aliphatic carbocycles. The van der Waals surface area contributed by atoms with Gasteiger partial charge in [-0.05, 0) is 36.4 Å². The third-order valence-electron chi connectivity index (χ3n) is 5.26. The fourth-order valence-corrected chi connectivity index (χ4v) is 4.36. The quantitative estimate of drug-likeness (QED) is 0.340. The van der Waals surface area contributed by atoms with Crippen LogP contribution in [0.1, 0.15) is 11.1 Å². The molecule has 0 unspecified atom stereocenters. The van der Waals surface area contributed by atoms with Gasteiger partial charge in [-0.2, -0.15) is 0 Å². The van der Waals surface area contributed by atoms with Crippen molar-refractivity contribution in [3.05, 3.63) is 88.7 Å². The first-order valence-corrected chi connectivity index (χ1v) is 11.0. The second-order valence-electron chi connectivity index (χ2n) is 7.84. The summed E-state index contributed by atoms with van der Waals surface area (Å²) in [6.07, 6.45) is 0. The van der Waals surface area contributed by atoms with Crippen molar-refractivity contribution < 1.29 is 0 Å². The van der Waals surface area contributed by atoms with E-state index in [1.807, 2.05) is 41.3 Å². The van der Waals surface area contributed by atoms with Gasteiger partial charge < -0.3 is 14.4 Å². The molecule has 0 spiro atoms. The van der Waals surface area contributed by atoms with Gasteiger partial charge in [0.05, 0.1) is 10.2 Å². The van der Waals surface area contributed by atoms with Gasteiger partial charge >= 0.3 is 0 Å². The zero-order chi connectivity index (χ0) is 22.0. The number of anilines is 2. The second kappa shape index (κ2) is 8.78. The van der Waals surface area contributed by atoms with Crippen molar-refractivity contribution in [3.63, 3.8) is 0 Å². The summed E-state index contributed by atoms with van der Waals surface area (Å²) in [7, 11) is 10.2. The highest BCUT2D eigenvalue weighted by molar-refractivity contribution is 7.16. The highest BCUT2D eigenvalue weighted by atomic mass is 32.1. The molecule has 0 saturated heterocycles. The molecule has 0 amide bonds. The van der Waals surface area contributed by atoms with Gasteiger partial charge in [0.2, 0.25) is 4.80 Å². The van der Waals surface area contributed by atoms with E-state index in [2.05, 4.69) is 86.2 Å². The van der Waals surface area contributed by atoms with Crippen LogP contribution in [0.4, 0.5) is 11.4 Å². The van der Waals surface area contributed by atoms with Crippen LogP contribution in [0, 0.1) is 0 Å². The van der Waals surface area contributed by atoms with Crippen LogP contribution < -0.4 is 14.6 Å². The van der Waals surface area contributed by atoms with Gasteiger partial charge in [-0.3, -0.25) is 0 Å². The average Bonchev–Trinajstić information content (AvgIpc) is 3.10. The smallest absolute Gasteiger partial charge is 0.211 e.